The van der Waals surface area contributed by atoms with Crippen LogP contribution in [0.3, 0.4) is 0 Å². The Labute approximate surface area is 206 Å². The van der Waals surface area contributed by atoms with E-state index in [1.165, 1.54) is 6.20 Å². The van der Waals surface area contributed by atoms with Crippen LogP contribution >= 0.6 is 34.8 Å². The molecule has 1 saturated heterocycles. The third-order valence-corrected chi connectivity index (χ3v) is 6.43. The Morgan fingerprint density at radius 2 is 1.85 bits per heavy atom. The highest BCUT2D eigenvalue weighted by Crippen LogP contribution is 2.38. The van der Waals surface area contributed by atoms with Crippen molar-refractivity contribution >= 4 is 40.7 Å². The van der Waals surface area contributed by atoms with E-state index in [2.05, 4.69) is 16.0 Å². The first-order chi connectivity index (χ1) is 15.9. The number of benzene rings is 1. The van der Waals surface area contributed by atoms with Crippen LogP contribution in [0.5, 0.6) is 5.88 Å². The van der Waals surface area contributed by atoms with E-state index in [9.17, 15) is 10.1 Å². The summed E-state index contributed by atoms with van der Waals surface area (Å²) in [5, 5.41) is 11.0. The molecular weight excluding hydrogens is 483 g/mol. The molecule has 0 saturated carbocycles. The maximum atomic E-state index is 13.6. The summed E-state index contributed by atoms with van der Waals surface area (Å²) in [6.07, 6.45) is 4.34. The van der Waals surface area contributed by atoms with Gasteiger partial charge in [0.05, 0.1) is 20.6 Å². The van der Waals surface area contributed by atoms with Crippen LogP contribution in [-0.2, 0) is 0 Å². The standard InChI is InChI=1S/C24H19Cl3N4O2/c1-14(33-21-7-5-16(25)12-30-21)17-13-29-20(11-28)23(24(32)31-8-2-3-9-31)22(17)15-4-6-18(26)19(27)10-15/h4-7,10,12-14H,2-3,8-9H2,1H3. The van der Waals surface area contributed by atoms with E-state index < -0.39 is 6.10 Å². The van der Waals surface area contributed by atoms with E-state index in [4.69, 9.17) is 39.5 Å². The van der Waals surface area contributed by atoms with Gasteiger partial charge in [0.25, 0.3) is 5.91 Å². The molecule has 2 aromatic heterocycles. The highest BCUT2D eigenvalue weighted by Gasteiger charge is 2.30. The molecule has 4 rings (SSSR count). The summed E-state index contributed by atoms with van der Waals surface area (Å²) in [6, 6.07) is 10.5. The number of aromatic nitrogens is 2. The fourth-order valence-electron chi connectivity index (χ4n) is 3.84. The minimum atomic E-state index is -0.548. The topological polar surface area (TPSA) is 79.1 Å². The quantitative estimate of drug-likeness (QED) is 0.407. The Balaban J connectivity index is 1.89. The lowest BCUT2D eigenvalue weighted by Gasteiger charge is -2.23. The molecule has 0 bridgehead atoms. The molecule has 33 heavy (non-hydrogen) atoms. The molecule has 3 aromatic rings. The zero-order valence-electron chi connectivity index (χ0n) is 17.7. The molecular formula is C24H19Cl3N4O2. The number of hydrogen-bond donors (Lipinski definition) is 0. The van der Waals surface area contributed by atoms with Crippen LogP contribution < -0.4 is 4.74 Å². The molecule has 0 aliphatic carbocycles. The summed E-state index contributed by atoms with van der Waals surface area (Å²) in [7, 11) is 0. The van der Waals surface area contributed by atoms with Gasteiger partial charge in [-0.2, -0.15) is 5.26 Å². The first-order valence-corrected chi connectivity index (χ1v) is 11.5. The predicted molar refractivity (Wildman–Crippen MR) is 128 cm³/mol. The van der Waals surface area contributed by atoms with Gasteiger partial charge < -0.3 is 9.64 Å². The average molecular weight is 502 g/mol. The molecule has 1 aliphatic rings. The molecule has 1 amide bonds. The minimum absolute atomic E-state index is 0.0496. The van der Waals surface area contributed by atoms with Crippen molar-refractivity contribution in [2.24, 2.45) is 0 Å². The first kappa shape index (κ1) is 23.3. The van der Waals surface area contributed by atoms with E-state index in [0.717, 1.165) is 12.8 Å². The van der Waals surface area contributed by atoms with Crippen molar-refractivity contribution in [2.45, 2.75) is 25.9 Å². The SMILES string of the molecule is CC(Oc1ccc(Cl)cn1)c1cnc(C#N)c(C(=O)N2CCCC2)c1-c1ccc(Cl)c(Cl)c1. The van der Waals surface area contributed by atoms with Crippen LogP contribution in [0.4, 0.5) is 0 Å². The number of ether oxygens (including phenoxy) is 1. The lowest BCUT2D eigenvalue weighted by atomic mass is 9.91. The fraction of sp³-hybridized carbons (Fsp3) is 0.250. The van der Waals surface area contributed by atoms with Crippen molar-refractivity contribution in [3.05, 3.63) is 74.6 Å². The minimum Gasteiger partial charge on any atom is -0.470 e. The monoisotopic (exact) mass is 500 g/mol. The number of carbonyl (C=O) groups excluding carboxylic acids is 1. The molecule has 3 heterocycles. The molecule has 168 valence electrons. The fourth-order valence-corrected chi connectivity index (χ4v) is 4.25. The Morgan fingerprint density at radius 1 is 1.09 bits per heavy atom. The van der Waals surface area contributed by atoms with Crippen molar-refractivity contribution < 1.29 is 9.53 Å². The zero-order chi connectivity index (χ0) is 23.5. The van der Waals surface area contributed by atoms with Gasteiger partial charge in [0, 0.05) is 42.7 Å². The summed E-state index contributed by atoms with van der Waals surface area (Å²) in [5.74, 6) is 0.125. The molecule has 1 aromatic carbocycles. The number of halogens is 3. The highest BCUT2D eigenvalue weighted by molar-refractivity contribution is 6.42. The number of hydrogen-bond acceptors (Lipinski definition) is 5. The Bertz CT molecular complexity index is 1240. The normalized spacial score (nSPS) is 14.1. The highest BCUT2D eigenvalue weighted by atomic mass is 35.5. The zero-order valence-corrected chi connectivity index (χ0v) is 20.0. The maximum Gasteiger partial charge on any atom is 0.257 e. The van der Waals surface area contributed by atoms with E-state index in [1.807, 2.05) is 6.92 Å². The second kappa shape index (κ2) is 9.96. The second-order valence-corrected chi connectivity index (χ2v) is 8.88. The van der Waals surface area contributed by atoms with E-state index >= 15 is 0 Å². The molecule has 1 aliphatic heterocycles. The Hall–Kier alpha value is -2.85. The number of nitriles is 1. The van der Waals surface area contributed by atoms with Crippen LogP contribution in [0.1, 0.15) is 47.5 Å². The number of rotatable bonds is 5. The number of likely N-dealkylation sites (tertiary alicyclic amines) is 1. The number of pyridine rings is 2. The van der Waals surface area contributed by atoms with Crippen molar-refractivity contribution in [3.63, 3.8) is 0 Å². The van der Waals surface area contributed by atoms with E-state index in [-0.39, 0.29) is 17.2 Å². The van der Waals surface area contributed by atoms with Gasteiger partial charge >= 0.3 is 0 Å². The molecule has 1 atom stereocenters. The Morgan fingerprint density at radius 3 is 2.48 bits per heavy atom. The molecule has 1 fully saturated rings. The molecule has 0 N–H and O–H groups in total. The molecule has 9 heteroatoms. The number of carbonyl (C=O) groups is 1. The van der Waals surface area contributed by atoms with Crippen LogP contribution in [0.2, 0.25) is 15.1 Å². The molecule has 1 unspecified atom stereocenters. The van der Waals surface area contributed by atoms with Gasteiger partial charge in [-0.15, -0.1) is 0 Å². The Kier molecular flexibility index (Phi) is 7.04. The van der Waals surface area contributed by atoms with Crippen LogP contribution in [-0.4, -0.2) is 33.9 Å². The van der Waals surface area contributed by atoms with Crippen molar-refractivity contribution in [1.29, 1.82) is 5.26 Å². The third kappa shape index (κ3) is 4.91. The van der Waals surface area contributed by atoms with Crippen LogP contribution in [0.15, 0.2) is 42.7 Å². The first-order valence-electron chi connectivity index (χ1n) is 10.3. The summed E-state index contributed by atoms with van der Waals surface area (Å²) < 4.78 is 6.03. The van der Waals surface area contributed by atoms with Crippen molar-refractivity contribution in [3.8, 4) is 23.1 Å². The van der Waals surface area contributed by atoms with Gasteiger partial charge in [-0.1, -0.05) is 40.9 Å². The number of nitrogens with zero attached hydrogens (tertiary/aromatic N) is 4. The molecule has 0 radical (unpaired) electrons. The maximum absolute atomic E-state index is 13.6. The summed E-state index contributed by atoms with van der Waals surface area (Å²) in [4.78, 5) is 23.8. The third-order valence-electron chi connectivity index (χ3n) is 5.47. The van der Waals surface area contributed by atoms with E-state index in [1.54, 1.807) is 41.4 Å². The van der Waals surface area contributed by atoms with Gasteiger partial charge in [-0.05, 0) is 43.5 Å². The lowest BCUT2D eigenvalue weighted by Crippen LogP contribution is -2.29. The number of amides is 1. The van der Waals surface area contributed by atoms with Crippen molar-refractivity contribution in [2.75, 3.05) is 13.1 Å². The molecule has 0 spiro atoms. The molecule has 6 nitrogen and oxygen atoms in total. The van der Waals surface area contributed by atoms with E-state index in [0.29, 0.717) is 50.7 Å². The van der Waals surface area contributed by atoms with Gasteiger partial charge in [0.1, 0.15) is 12.2 Å². The second-order valence-electron chi connectivity index (χ2n) is 7.63. The van der Waals surface area contributed by atoms with Gasteiger partial charge in [0.15, 0.2) is 5.69 Å². The van der Waals surface area contributed by atoms with Crippen molar-refractivity contribution in [1.82, 2.24) is 14.9 Å². The van der Waals surface area contributed by atoms with Crippen LogP contribution in [0, 0.1) is 11.3 Å². The smallest absolute Gasteiger partial charge is 0.257 e. The van der Waals surface area contributed by atoms with Gasteiger partial charge in [0.2, 0.25) is 5.88 Å². The van der Waals surface area contributed by atoms with Gasteiger partial charge in [-0.3, -0.25) is 4.79 Å². The van der Waals surface area contributed by atoms with Gasteiger partial charge in [-0.25, -0.2) is 9.97 Å². The summed E-state index contributed by atoms with van der Waals surface area (Å²) in [5.41, 5.74) is 2.08. The summed E-state index contributed by atoms with van der Waals surface area (Å²) >= 11 is 18.4. The lowest BCUT2D eigenvalue weighted by molar-refractivity contribution is 0.0792. The predicted octanol–water partition coefficient (Wildman–Crippen LogP) is 6.35. The largest absolute Gasteiger partial charge is 0.470 e. The van der Waals surface area contributed by atoms with Crippen LogP contribution in [0.25, 0.3) is 11.1 Å². The average Bonchev–Trinajstić information content (AvgIpc) is 3.36. The summed E-state index contributed by atoms with van der Waals surface area (Å²) in [6.45, 7) is 3.09.